The van der Waals surface area contributed by atoms with E-state index in [9.17, 15) is 4.39 Å². The molecule has 1 fully saturated rings. The highest BCUT2D eigenvalue weighted by molar-refractivity contribution is 5.16. The summed E-state index contributed by atoms with van der Waals surface area (Å²) >= 11 is 0. The summed E-state index contributed by atoms with van der Waals surface area (Å²) in [7, 11) is 0. The van der Waals surface area contributed by atoms with Crippen molar-refractivity contribution in [2.45, 2.75) is 25.8 Å². The van der Waals surface area contributed by atoms with Crippen molar-refractivity contribution < 1.29 is 9.50 Å². The molecule has 0 amide bonds. The third-order valence-corrected chi connectivity index (χ3v) is 3.44. The number of rotatable bonds is 4. The van der Waals surface area contributed by atoms with Gasteiger partial charge in [0.15, 0.2) is 0 Å². The van der Waals surface area contributed by atoms with Crippen LogP contribution in [0.15, 0.2) is 24.3 Å². The fourth-order valence-electron chi connectivity index (χ4n) is 2.61. The fraction of sp³-hybridized carbons (Fsp3) is 0.571. The Labute approximate surface area is 102 Å². The van der Waals surface area contributed by atoms with Crippen LogP contribution in [0, 0.1) is 11.7 Å². The van der Waals surface area contributed by atoms with Gasteiger partial charge in [0.1, 0.15) is 5.82 Å². The average molecular weight is 237 g/mol. The molecular weight excluding hydrogens is 217 g/mol. The zero-order chi connectivity index (χ0) is 12.1. The Balaban J connectivity index is 1.90. The minimum Gasteiger partial charge on any atom is -0.396 e. The number of benzene rings is 1. The zero-order valence-corrected chi connectivity index (χ0v) is 10.1. The van der Waals surface area contributed by atoms with E-state index in [1.807, 2.05) is 6.07 Å². The van der Waals surface area contributed by atoms with Gasteiger partial charge in [-0.3, -0.25) is 4.90 Å². The monoisotopic (exact) mass is 237 g/mol. The van der Waals surface area contributed by atoms with Gasteiger partial charge in [-0.05, 0) is 49.4 Å². The molecule has 0 spiro atoms. The van der Waals surface area contributed by atoms with Gasteiger partial charge < -0.3 is 5.11 Å². The van der Waals surface area contributed by atoms with Crippen molar-refractivity contribution in [2.75, 3.05) is 19.7 Å². The van der Waals surface area contributed by atoms with Crippen LogP contribution >= 0.6 is 0 Å². The molecule has 3 heteroatoms. The molecule has 2 nitrogen and oxygen atoms in total. The number of halogens is 1. The maximum absolute atomic E-state index is 13.1. The molecule has 94 valence electrons. The highest BCUT2D eigenvalue weighted by Crippen LogP contribution is 2.21. The predicted octanol–water partition coefficient (Wildman–Crippen LogP) is 2.42. The normalized spacial score (nSPS) is 21.6. The third-order valence-electron chi connectivity index (χ3n) is 3.44. The van der Waals surface area contributed by atoms with Crippen LogP contribution in [0.25, 0.3) is 0 Å². The molecule has 1 aliphatic rings. The van der Waals surface area contributed by atoms with Crippen LogP contribution in [-0.2, 0) is 6.54 Å². The molecule has 0 aromatic heterocycles. The summed E-state index contributed by atoms with van der Waals surface area (Å²) in [5.41, 5.74) is 1.04. The number of aliphatic hydroxyl groups excluding tert-OH is 1. The van der Waals surface area contributed by atoms with Crippen molar-refractivity contribution in [1.82, 2.24) is 4.90 Å². The van der Waals surface area contributed by atoms with Crippen LogP contribution in [0.3, 0.4) is 0 Å². The number of nitrogens with zero attached hydrogens (tertiary/aromatic N) is 1. The number of piperidine rings is 1. The standard InChI is InChI=1S/C14H20FNO/c15-14-5-1-3-13(9-14)11-16-7-2-4-12(10-16)6-8-17/h1,3,5,9,12,17H,2,4,6-8,10-11H2. The Hall–Kier alpha value is -0.930. The first kappa shape index (κ1) is 12.5. The van der Waals surface area contributed by atoms with E-state index >= 15 is 0 Å². The van der Waals surface area contributed by atoms with E-state index < -0.39 is 0 Å². The number of hydrogen-bond donors (Lipinski definition) is 1. The molecule has 1 aliphatic heterocycles. The van der Waals surface area contributed by atoms with Crippen LogP contribution in [-0.4, -0.2) is 29.7 Å². The van der Waals surface area contributed by atoms with Crippen molar-refractivity contribution in [2.24, 2.45) is 5.92 Å². The summed E-state index contributed by atoms with van der Waals surface area (Å²) in [4.78, 5) is 2.36. The van der Waals surface area contributed by atoms with Gasteiger partial charge in [0.25, 0.3) is 0 Å². The first-order chi connectivity index (χ1) is 8.28. The van der Waals surface area contributed by atoms with Crippen molar-refractivity contribution in [3.8, 4) is 0 Å². The summed E-state index contributed by atoms with van der Waals surface area (Å²) < 4.78 is 13.1. The van der Waals surface area contributed by atoms with Crippen molar-refractivity contribution in [3.63, 3.8) is 0 Å². The van der Waals surface area contributed by atoms with Gasteiger partial charge in [0.2, 0.25) is 0 Å². The molecule has 0 radical (unpaired) electrons. The lowest BCUT2D eigenvalue weighted by Gasteiger charge is -2.32. The van der Waals surface area contributed by atoms with E-state index in [-0.39, 0.29) is 12.4 Å². The Morgan fingerprint density at radius 3 is 3.06 bits per heavy atom. The summed E-state index contributed by atoms with van der Waals surface area (Å²) in [6.45, 7) is 3.20. The molecule has 1 unspecified atom stereocenters. The van der Waals surface area contributed by atoms with Crippen molar-refractivity contribution >= 4 is 0 Å². The lowest BCUT2D eigenvalue weighted by molar-refractivity contribution is 0.142. The highest BCUT2D eigenvalue weighted by atomic mass is 19.1. The Bertz CT molecular complexity index is 354. The topological polar surface area (TPSA) is 23.5 Å². The lowest BCUT2D eigenvalue weighted by atomic mass is 9.95. The minimum absolute atomic E-state index is 0.161. The molecule has 1 aromatic rings. The largest absolute Gasteiger partial charge is 0.396 e. The van der Waals surface area contributed by atoms with Gasteiger partial charge in [0, 0.05) is 19.7 Å². The van der Waals surface area contributed by atoms with Crippen molar-refractivity contribution in [3.05, 3.63) is 35.6 Å². The van der Waals surface area contributed by atoms with Crippen LogP contribution < -0.4 is 0 Å². The molecule has 1 atom stereocenters. The van der Waals surface area contributed by atoms with Gasteiger partial charge >= 0.3 is 0 Å². The molecular formula is C14H20FNO. The molecule has 17 heavy (non-hydrogen) atoms. The van der Waals surface area contributed by atoms with Gasteiger partial charge in [-0.15, -0.1) is 0 Å². The van der Waals surface area contributed by atoms with E-state index in [1.165, 1.54) is 18.9 Å². The van der Waals surface area contributed by atoms with Crippen LogP contribution in [0.2, 0.25) is 0 Å². The Kier molecular flexibility index (Phi) is 4.51. The van der Waals surface area contributed by atoms with E-state index in [0.717, 1.165) is 31.6 Å². The Morgan fingerprint density at radius 2 is 2.29 bits per heavy atom. The fourth-order valence-corrected chi connectivity index (χ4v) is 2.61. The second-order valence-corrected chi connectivity index (χ2v) is 4.89. The molecule has 1 aromatic carbocycles. The predicted molar refractivity (Wildman–Crippen MR) is 66.1 cm³/mol. The molecule has 0 saturated carbocycles. The number of aliphatic hydroxyl groups is 1. The second kappa shape index (κ2) is 6.12. The van der Waals surface area contributed by atoms with Crippen LogP contribution in [0.5, 0.6) is 0 Å². The molecule has 1 heterocycles. The van der Waals surface area contributed by atoms with Gasteiger partial charge in [-0.25, -0.2) is 4.39 Å². The smallest absolute Gasteiger partial charge is 0.123 e. The quantitative estimate of drug-likeness (QED) is 0.869. The first-order valence-electron chi connectivity index (χ1n) is 6.35. The van der Waals surface area contributed by atoms with Gasteiger partial charge in [-0.2, -0.15) is 0 Å². The minimum atomic E-state index is -0.161. The summed E-state index contributed by atoms with van der Waals surface area (Å²) in [5.74, 6) is 0.439. The Morgan fingerprint density at radius 1 is 1.41 bits per heavy atom. The number of likely N-dealkylation sites (tertiary alicyclic amines) is 1. The first-order valence-corrected chi connectivity index (χ1v) is 6.35. The van der Waals surface area contributed by atoms with Gasteiger partial charge in [0.05, 0.1) is 0 Å². The number of hydrogen-bond acceptors (Lipinski definition) is 2. The maximum Gasteiger partial charge on any atom is 0.123 e. The van der Waals surface area contributed by atoms with Crippen LogP contribution in [0.4, 0.5) is 4.39 Å². The van der Waals surface area contributed by atoms with E-state index in [4.69, 9.17) is 5.11 Å². The second-order valence-electron chi connectivity index (χ2n) is 4.89. The lowest BCUT2D eigenvalue weighted by Crippen LogP contribution is -2.35. The molecule has 1 saturated heterocycles. The summed E-state index contributed by atoms with van der Waals surface area (Å²) in [6, 6.07) is 6.82. The molecule has 2 rings (SSSR count). The van der Waals surface area contributed by atoms with E-state index in [1.54, 1.807) is 12.1 Å². The zero-order valence-electron chi connectivity index (χ0n) is 10.1. The van der Waals surface area contributed by atoms with E-state index in [0.29, 0.717) is 5.92 Å². The summed E-state index contributed by atoms with van der Waals surface area (Å²) in [5, 5.41) is 8.96. The molecule has 1 N–H and O–H groups in total. The van der Waals surface area contributed by atoms with Gasteiger partial charge in [-0.1, -0.05) is 12.1 Å². The van der Waals surface area contributed by atoms with Crippen LogP contribution in [0.1, 0.15) is 24.8 Å². The highest BCUT2D eigenvalue weighted by Gasteiger charge is 2.19. The van der Waals surface area contributed by atoms with E-state index in [2.05, 4.69) is 4.90 Å². The summed E-state index contributed by atoms with van der Waals surface area (Å²) in [6.07, 6.45) is 3.28. The van der Waals surface area contributed by atoms with Crippen molar-refractivity contribution in [1.29, 1.82) is 0 Å². The average Bonchev–Trinajstić information content (AvgIpc) is 2.30. The molecule has 0 aliphatic carbocycles. The maximum atomic E-state index is 13.1. The third kappa shape index (κ3) is 3.79. The SMILES string of the molecule is OCCC1CCCN(Cc2cccc(F)c2)C1. The molecule has 0 bridgehead atoms.